The van der Waals surface area contributed by atoms with Crippen LogP contribution in [0.15, 0.2) is 36.5 Å². The first-order valence-corrected chi connectivity index (χ1v) is 6.93. The van der Waals surface area contributed by atoms with Crippen molar-refractivity contribution in [3.05, 3.63) is 36.5 Å². The van der Waals surface area contributed by atoms with E-state index in [1.54, 1.807) is 6.92 Å². The predicted octanol–water partition coefficient (Wildman–Crippen LogP) is 1.07. The van der Waals surface area contributed by atoms with E-state index in [0.29, 0.717) is 6.42 Å². The number of para-hydroxylation sites is 1. The first-order chi connectivity index (χ1) is 10.1. The highest BCUT2D eigenvalue weighted by Gasteiger charge is 2.07. The summed E-state index contributed by atoms with van der Waals surface area (Å²) in [6.07, 6.45) is 2.17. The number of hydrogen-bond donors (Lipinski definition) is 3. The summed E-state index contributed by atoms with van der Waals surface area (Å²) >= 11 is 4.88. The van der Waals surface area contributed by atoms with Crippen molar-refractivity contribution in [1.29, 1.82) is 0 Å². The van der Waals surface area contributed by atoms with Gasteiger partial charge in [0.1, 0.15) is 6.54 Å². The Balaban J connectivity index is 1.87. The summed E-state index contributed by atoms with van der Waals surface area (Å²) in [6, 6.07) is 9.75. The molecule has 0 radical (unpaired) electrons. The molecule has 2 amide bonds. The maximum atomic E-state index is 11.8. The first-order valence-electron chi connectivity index (χ1n) is 6.52. The van der Waals surface area contributed by atoms with E-state index in [4.69, 9.17) is 12.2 Å². The highest BCUT2D eigenvalue weighted by molar-refractivity contribution is 7.80. The molecule has 0 aliphatic rings. The van der Waals surface area contributed by atoms with Gasteiger partial charge in [-0.25, -0.2) is 0 Å². The third kappa shape index (κ3) is 4.03. The number of fused-ring (bicyclic) bond motifs is 1. The van der Waals surface area contributed by atoms with E-state index in [1.165, 1.54) is 0 Å². The van der Waals surface area contributed by atoms with Gasteiger partial charge < -0.3 is 9.88 Å². The molecule has 0 spiro atoms. The molecular weight excluding hydrogens is 288 g/mol. The monoisotopic (exact) mass is 304 g/mol. The molecular formula is C14H16N4O2S. The number of nitrogens with zero attached hydrogens (tertiary/aromatic N) is 1. The Labute approximate surface area is 127 Å². The van der Waals surface area contributed by atoms with Gasteiger partial charge in [0.15, 0.2) is 5.11 Å². The van der Waals surface area contributed by atoms with Gasteiger partial charge in [-0.2, -0.15) is 0 Å². The zero-order chi connectivity index (χ0) is 15.2. The minimum atomic E-state index is -0.260. The summed E-state index contributed by atoms with van der Waals surface area (Å²) in [6.45, 7) is 1.87. The van der Waals surface area contributed by atoms with Gasteiger partial charge in [-0.15, -0.1) is 0 Å². The van der Waals surface area contributed by atoms with Crippen LogP contribution in [0.1, 0.15) is 13.3 Å². The fourth-order valence-electron chi connectivity index (χ4n) is 1.85. The molecule has 0 saturated carbocycles. The summed E-state index contributed by atoms with van der Waals surface area (Å²) in [4.78, 5) is 23.0. The number of rotatable bonds is 3. The van der Waals surface area contributed by atoms with Gasteiger partial charge in [-0.05, 0) is 29.7 Å². The SMILES string of the molecule is CCC(=O)NC(=S)NNC(=O)Cn1ccc2ccccc21. The molecule has 0 bridgehead atoms. The predicted molar refractivity (Wildman–Crippen MR) is 84.2 cm³/mol. The fourth-order valence-corrected chi connectivity index (χ4v) is 2.01. The van der Waals surface area contributed by atoms with Crippen LogP contribution in [0.2, 0.25) is 0 Å². The zero-order valence-corrected chi connectivity index (χ0v) is 12.4. The molecule has 0 atom stereocenters. The van der Waals surface area contributed by atoms with Crippen LogP contribution in [0.4, 0.5) is 0 Å². The Morgan fingerprint density at radius 1 is 1.14 bits per heavy atom. The van der Waals surface area contributed by atoms with Crippen molar-refractivity contribution in [2.75, 3.05) is 0 Å². The van der Waals surface area contributed by atoms with Gasteiger partial charge in [0, 0.05) is 18.1 Å². The number of aromatic nitrogens is 1. The van der Waals surface area contributed by atoms with Gasteiger partial charge >= 0.3 is 0 Å². The molecule has 1 heterocycles. The molecule has 7 heteroatoms. The molecule has 21 heavy (non-hydrogen) atoms. The second-order valence-electron chi connectivity index (χ2n) is 4.41. The van der Waals surface area contributed by atoms with E-state index < -0.39 is 0 Å². The molecule has 3 N–H and O–H groups in total. The Morgan fingerprint density at radius 3 is 2.67 bits per heavy atom. The molecule has 0 fully saturated rings. The number of nitrogens with one attached hydrogen (secondary N) is 3. The number of hydrogen-bond acceptors (Lipinski definition) is 3. The molecule has 6 nitrogen and oxygen atoms in total. The standard InChI is InChI=1S/C14H16N4O2S/c1-2-12(19)15-14(21)17-16-13(20)9-18-8-7-10-5-3-4-6-11(10)18/h3-8H,2,9H2,1H3,(H,16,20)(H2,15,17,19,21). The lowest BCUT2D eigenvalue weighted by Crippen LogP contribution is -2.49. The molecule has 1 aromatic carbocycles. The summed E-state index contributed by atoms with van der Waals surface area (Å²) in [5.41, 5.74) is 5.92. The van der Waals surface area contributed by atoms with Gasteiger partial charge in [0.05, 0.1) is 0 Å². The van der Waals surface area contributed by atoms with E-state index in [2.05, 4.69) is 16.2 Å². The van der Waals surface area contributed by atoms with Crippen molar-refractivity contribution in [1.82, 2.24) is 20.7 Å². The molecule has 0 unspecified atom stereocenters. The first kappa shape index (κ1) is 15.0. The molecule has 1 aromatic heterocycles. The second kappa shape index (κ2) is 6.85. The van der Waals surface area contributed by atoms with E-state index in [0.717, 1.165) is 10.9 Å². The number of carbonyl (C=O) groups is 2. The smallest absolute Gasteiger partial charge is 0.258 e. The van der Waals surface area contributed by atoms with Gasteiger partial charge in [-0.3, -0.25) is 20.4 Å². The van der Waals surface area contributed by atoms with Gasteiger partial charge in [-0.1, -0.05) is 25.1 Å². The molecule has 0 saturated heterocycles. The number of thiocarbonyl (C=S) groups is 1. The number of hydrazine groups is 1. The molecule has 2 rings (SSSR count). The van der Waals surface area contributed by atoms with Crippen molar-refractivity contribution in [3.63, 3.8) is 0 Å². The topological polar surface area (TPSA) is 75.2 Å². The lowest BCUT2D eigenvalue weighted by molar-refractivity contribution is -0.122. The molecule has 2 aromatic rings. The highest BCUT2D eigenvalue weighted by atomic mass is 32.1. The van der Waals surface area contributed by atoms with Gasteiger partial charge in [0.2, 0.25) is 5.91 Å². The second-order valence-corrected chi connectivity index (χ2v) is 4.81. The average molecular weight is 304 g/mol. The fraction of sp³-hybridized carbons (Fsp3) is 0.214. The van der Waals surface area contributed by atoms with Crippen LogP contribution in [-0.2, 0) is 16.1 Å². The Bertz CT molecular complexity index is 680. The third-order valence-corrected chi connectivity index (χ3v) is 3.09. The molecule has 0 aliphatic carbocycles. The largest absolute Gasteiger partial charge is 0.338 e. The number of carbonyl (C=O) groups excluding carboxylic acids is 2. The zero-order valence-electron chi connectivity index (χ0n) is 11.6. The maximum absolute atomic E-state index is 11.8. The Morgan fingerprint density at radius 2 is 1.90 bits per heavy atom. The Kier molecular flexibility index (Phi) is 4.89. The maximum Gasteiger partial charge on any atom is 0.258 e. The van der Waals surface area contributed by atoms with Crippen molar-refractivity contribution >= 4 is 40.0 Å². The number of amides is 2. The van der Waals surface area contributed by atoms with Gasteiger partial charge in [0.25, 0.3) is 5.91 Å². The van der Waals surface area contributed by atoms with E-state index >= 15 is 0 Å². The van der Waals surface area contributed by atoms with Crippen molar-refractivity contribution in [2.45, 2.75) is 19.9 Å². The van der Waals surface area contributed by atoms with Crippen LogP contribution < -0.4 is 16.2 Å². The van der Waals surface area contributed by atoms with Crippen molar-refractivity contribution in [2.24, 2.45) is 0 Å². The van der Waals surface area contributed by atoms with E-state index in [-0.39, 0.29) is 23.5 Å². The normalized spacial score (nSPS) is 10.1. The Hall–Kier alpha value is -2.41. The van der Waals surface area contributed by atoms with Crippen LogP contribution in [-0.4, -0.2) is 21.5 Å². The van der Waals surface area contributed by atoms with Crippen LogP contribution >= 0.6 is 12.2 Å². The van der Waals surface area contributed by atoms with Crippen LogP contribution in [0.3, 0.4) is 0 Å². The van der Waals surface area contributed by atoms with Crippen molar-refractivity contribution in [3.8, 4) is 0 Å². The minimum Gasteiger partial charge on any atom is -0.338 e. The summed E-state index contributed by atoms with van der Waals surface area (Å²) < 4.78 is 1.83. The summed E-state index contributed by atoms with van der Waals surface area (Å²) in [5, 5.41) is 3.58. The molecule has 0 aliphatic heterocycles. The third-order valence-electron chi connectivity index (χ3n) is 2.88. The lowest BCUT2D eigenvalue weighted by atomic mass is 10.2. The number of benzene rings is 1. The molecule has 110 valence electrons. The average Bonchev–Trinajstić information content (AvgIpc) is 2.88. The lowest BCUT2D eigenvalue weighted by Gasteiger charge is -2.11. The van der Waals surface area contributed by atoms with E-state index in [9.17, 15) is 9.59 Å². The van der Waals surface area contributed by atoms with Crippen LogP contribution in [0.5, 0.6) is 0 Å². The van der Waals surface area contributed by atoms with Crippen molar-refractivity contribution < 1.29 is 9.59 Å². The van der Waals surface area contributed by atoms with E-state index in [1.807, 2.05) is 41.1 Å². The van der Waals surface area contributed by atoms with Crippen LogP contribution in [0.25, 0.3) is 10.9 Å². The quantitative estimate of drug-likeness (QED) is 0.586. The van der Waals surface area contributed by atoms with Crippen LogP contribution in [0, 0.1) is 0 Å². The summed E-state index contributed by atoms with van der Waals surface area (Å²) in [5.74, 6) is -0.470. The minimum absolute atomic E-state index is 0.0764. The highest BCUT2D eigenvalue weighted by Crippen LogP contribution is 2.14. The summed E-state index contributed by atoms with van der Waals surface area (Å²) in [7, 11) is 0.